The van der Waals surface area contributed by atoms with Crippen molar-refractivity contribution in [3.8, 4) is 0 Å². The topological polar surface area (TPSA) is 80.3 Å². The third-order valence-corrected chi connectivity index (χ3v) is 3.43. The number of rotatable bonds is 5. The molecule has 0 saturated heterocycles. The molecule has 0 aliphatic heterocycles. The molecule has 5 heteroatoms. The van der Waals surface area contributed by atoms with Crippen LogP contribution in [0.4, 0.5) is 0 Å². The van der Waals surface area contributed by atoms with E-state index < -0.39 is 17.2 Å². The summed E-state index contributed by atoms with van der Waals surface area (Å²) >= 11 is 0.969. The predicted molar refractivity (Wildman–Crippen MR) is 55.7 cm³/mol. The zero-order valence-corrected chi connectivity index (χ0v) is 9.45. The number of hydrogen-bond donors (Lipinski definition) is 0. The van der Waals surface area contributed by atoms with Gasteiger partial charge >= 0.3 is 0 Å². The molecule has 0 radical (unpaired) electrons. The fraction of sp³-hybridized carbons (Fsp3) is 0.273. The van der Waals surface area contributed by atoms with Gasteiger partial charge in [0.25, 0.3) is 0 Å². The van der Waals surface area contributed by atoms with E-state index in [0.717, 1.165) is 11.8 Å². The summed E-state index contributed by atoms with van der Waals surface area (Å²) < 4.78 is 0. The molecule has 0 heterocycles. The van der Waals surface area contributed by atoms with E-state index in [9.17, 15) is 19.8 Å². The molecule has 0 aromatic heterocycles. The zero-order valence-electron chi connectivity index (χ0n) is 8.64. The maximum absolute atomic E-state index is 10.8. The van der Waals surface area contributed by atoms with E-state index in [-0.39, 0.29) is 5.56 Å². The Balaban J connectivity index is 2.95. The van der Waals surface area contributed by atoms with Crippen molar-refractivity contribution in [1.29, 1.82) is 0 Å². The molecule has 4 nitrogen and oxygen atoms in total. The second-order valence-corrected chi connectivity index (χ2v) is 4.36. The summed E-state index contributed by atoms with van der Waals surface area (Å²) in [6.07, 6.45) is 0.369. The Labute approximate surface area is 97.3 Å². The molecule has 1 aromatic carbocycles. The van der Waals surface area contributed by atoms with Crippen LogP contribution in [0.25, 0.3) is 0 Å². The summed E-state index contributed by atoms with van der Waals surface area (Å²) in [6.45, 7) is 1.70. The van der Waals surface area contributed by atoms with Crippen molar-refractivity contribution >= 4 is 23.7 Å². The van der Waals surface area contributed by atoms with Gasteiger partial charge in [-0.05, 0) is 12.5 Å². The summed E-state index contributed by atoms with van der Waals surface area (Å²) in [7, 11) is 0. The molecule has 86 valence electrons. The van der Waals surface area contributed by atoms with Gasteiger partial charge in [-0.2, -0.15) is 0 Å². The molecule has 0 bridgehead atoms. The number of hydrogen-bond acceptors (Lipinski definition) is 5. The van der Waals surface area contributed by atoms with E-state index in [1.54, 1.807) is 25.1 Å². The monoisotopic (exact) mass is 238 g/mol. The number of carboxylic acids is 2. The molecule has 0 fully saturated rings. The van der Waals surface area contributed by atoms with Gasteiger partial charge in [0.1, 0.15) is 0 Å². The number of aromatic carboxylic acids is 1. The third-order valence-electron chi connectivity index (χ3n) is 2.01. The molecule has 0 N–H and O–H groups in total. The summed E-state index contributed by atoms with van der Waals surface area (Å²) in [5.74, 6) is -2.50. The Morgan fingerprint density at radius 3 is 2.44 bits per heavy atom. The van der Waals surface area contributed by atoms with E-state index in [1.807, 2.05) is 0 Å². The van der Waals surface area contributed by atoms with Crippen molar-refractivity contribution in [2.24, 2.45) is 0 Å². The van der Waals surface area contributed by atoms with Gasteiger partial charge in [-0.1, -0.05) is 25.1 Å². The highest BCUT2D eigenvalue weighted by atomic mass is 32.2. The highest BCUT2D eigenvalue weighted by Gasteiger charge is 2.12. The first-order valence-electron chi connectivity index (χ1n) is 4.74. The standard InChI is InChI=1S/C11H12O4S/c1-2-8(11(14)15)16-9-6-4-3-5-7(9)10(12)13/h3-6,8H,2H2,1H3,(H,12,13)(H,14,15)/p-2/t8-/m1/s1. The number of carbonyl (C=O) groups excluding carboxylic acids is 2. The number of carbonyl (C=O) groups is 2. The van der Waals surface area contributed by atoms with Crippen molar-refractivity contribution in [3.63, 3.8) is 0 Å². The van der Waals surface area contributed by atoms with Crippen molar-refractivity contribution in [3.05, 3.63) is 29.8 Å². The minimum Gasteiger partial charge on any atom is -0.549 e. The number of carboxylic acid groups (broad SMARTS) is 2. The Morgan fingerprint density at radius 1 is 1.31 bits per heavy atom. The van der Waals surface area contributed by atoms with E-state index in [0.29, 0.717) is 11.3 Å². The van der Waals surface area contributed by atoms with Crippen LogP contribution in [0.15, 0.2) is 29.2 Å². The number of thioether (sulfide) groups is 1. The first-order valence-corrected chi connectivity index (χ1v) is 5.62. The maximum Gasteiger partial charge on any atom is 0.0726 e. The van der Waals surface area contributed by atoms with Crippen LogP contribution < -0.4 is 10.2 Å². The van der Waals surface area contributed by atoms with Crippen LogP contribution in [0, 0.1) is 0 Å². The van der Waals surface area contributed by atoms with Gasteiger partial charge in [-0.15, -0.1) is 11.8 Å². The van der Waals surface area contributed by atoms with Gasteiger partial charge in [0.15, 0.2) is 0 Å². The van der Waals surface area contributed by atoms with E-state index >= 15 is 0 Å². The molecule has 0 spiro atoms. The molecule has 0 saturated carbocycles. The van der Waals surface area contributed by atoms with Crippen molar-refractivity contribution in [1.82, 2.24) is 0 Å². The second kappa shape index (κ2) is 5.55. The Bertz CT molecular complexity index is 403. The van der Waals surface area contributed by atoms with Crippen LogP contribution in [0.5, 0.6) is 0 Å². The lowest BCUT2D eigenvalue weighted by Gasteiger charge is -2.17. The van der Waals surface area contributed by atoms with Crippen LogP contribution in [0.1, 0.15) is 23.7 Å². The van der Waals surface area contributed by atoms with Gasteiger partial charge in [0.2, 0.25) is 0 Å². The lowest BCUT2D eigenvalue weighted by molar-refractivity contribution is -0.304. The largest absolute Gasteiger partial charge is 0.549 e. The van der Waals surface area contributed by atoms with Crippen LogP contribution >= 0.6 is 11.8 Å². The van der Waals surface area contributed by atoms with Crippen LogP contribution in [-0.2, 0) is 4.79 Å². The van der Waals surface area contributed by atoms with Gasteiger partial charge in [0, 0.05) is 15.7 Å². The smallest absolute Gasteiger partial charge is 0.0726 e. The molecule has 1 aromatic rings. The predicted octanol–water partition coefficient (Wildman–Crippen LogP) is -0.329. The average Bonchev–Trinajstić information content (AvgIpc) is 2.25. The fourth-order valence-electron chi connectivity index (χ4n) is 1.19. The lowest BCUT2D eigenvalue weighted by atomic mass is 10.2. The SMILES string of the molecule is CC[C@@H](Sc1ccccc1C(=O)[O-])C(=O)[O-]. The van der Waals surface area contributed by atoms with Gasteiger partial charge < -0.3 is 19.8 Å². The van der Waals surface area contributed by atoms with Crippen LogP contribution in [0.2, 0.25) is 0 Å². The van der Waals surface area contributed by atoms with Crippen molar-refractivity contribution in [2.45, 2.75) is 23.5 Å². The average molecular weight is 238 g/mol. The number of aliphatic carboxylic acids is 1. The molecule has 0 unspecified atom stereocenters. The summed E-state index contributed by atoms with van der Waals surface area (Å²) in [4.78, 5) is 21.9. The first-order chi connectivity index (χ1) is 7.56. The van der Waals surface area contributed by atoms with Crippen LogP contribution in [-0.4, -0.2) is 17.2 Å². The number of benzene rings is 1. The molecule has 1 atom stereocenters. The van der Waals surface area contributed by atoms with E-state index in [1.165, 1.54) is 6.07 Å². The van der Waals surface area contributed by atoms with E-state index in [2.05, 4.69) is 0 Å². The van der Waals surface area contributed by atoms with Gasteiger partial charge in [-0.25, -0.2) is 0 Å². The van der Waals surface area contributed by atoms with Gasteiger partial charge in [0.05, 0.1) is 11.9 Å². The minimum absolute atomic E-state index is 0.00667. The molecule has 0 amide bonds. The van der Waals surface area contributed by atoms with Crippen molar-refractivity contribution in [2.75, 3.05) is 0 Å². The zero-order chi connectivity index (χ0) is 12.1. The Kier molecular flexibility index (Phi) is 4.37. The molecule has 1 rings (SSSR count). The summed E-state index contributed by atoms with van der Waals surface area (Å²) in [5.41, 5.74) is 0.00667. The molecular formula is C11H10O4S-2. The van der Waals surface area contributed by atoms with E-state index in [4.69, 9.17) is 0 Å². The normalized spacial score (nSPS) is 12.1. The molecular weight excluding hydrogens is 228 g/mol. The fourth-order valence-corrected chi connectivity index (χ4v) is 2.19. The molecule has 16 heavy (non-hydrogen) atoms. The van der Waals surface area contributed by atoms with Crippen LogP contribution in [0.3, 0.4) is 0 Å². The summed E-state index contributed by atoms with van der Waals surface area (Å²) in [6, 6.07) is 6.16. The molecule has 0 aliphatic rings. The Morgan fingerprint density at radius 2 is 1.94 bits per heavy atom. The first kappa shape index (κ1) is 12.6. The van der Waals surface area contributed by atoms with Gasteiger partial charge in [-0.3, -0.25) is 0 Å². The lowest BCUT2D eigenvalue weighted by Crippen LogP contribution is -2.33. The summed E-state index contributed by atoms with van der Waals surface area (Å²) in [5, 5.41) is 20.7. The molecule has 0 aliphatic carbocycles. The van der Waals surface area contributed by atoms with Crippen molar-refractivity contribution < 1.29 is 19.8 Å². The Hall–Kier alpha value is -1.49. The maximum atomic E-state index is 10.8. The minimum atomic E-state index is -1.31. The second-order valence-electron chi connectivity index (χ2n) is 3.12. The highest BCUT2D eigenvalue weighted by molar-refractivity contribution is 8.00. The third kappa shape index (κ3) is 3.00. The quantitative estimate of drug-likeness (QED) is 0.656. The highest BCUT2D eigenvalue weighted by Crippen LogP contribution is 2.27.